The third kappa shape index (κ3) is 5.03. The highest BCUT2D eigenvalue weighted by atomic mass is 35.5. The van der Waals surface area contributed by atoms with Gasteiger partial charge in [-0.05, 0) is 54.1 Å². The Kier molecular flexibility index (Phi) is 6.19. The topological polar surface area (TPSA) is 75.6 Å². The molecule has 0 radical (unpaired) electrons. The Bertz CT molecular complexity index is 982. The lowest BCUT2D eigenvalue weighted by Crippen LogP contribution is -2.11. The molecule has 3 aromatic rings. The molecule has 2 N–H and O–H groups in total. The quantitative estimate of drug-likeness (QED) is 0.543. The molecule has 0 aliphatic carbocycles. The van der Waals surface area contributed by atoms with Crippen LogP contribution in [0.3, 0.4) is 0 Å². The number of hydrogen-bond donors (Lipinski definition) is 2. The Labute approximate surface area is 171 Å². The Morgan fingerprint density at radius 2 is 1.54 bits per heavy atom. The van der Waals surface area contributed by atoms with Gasteiger partial charge in [-0.25, -0.2) is 0 Å². The minimum atomic E-state index is -0.978. The fraction of sp³-hybridized carbons (Fsp3) is 0.0476. The van der Waals surface area contributed by atoms with Crippen molar-refractivity contribution in [1.29, 1.82) is 0 Å². The van der Waals surface area contributed by atoms with Crippen LogP contribution in [0.5, 0.6) is 11.5 Å². The molecule has 0 saturated carbocycles. The second-order valence-corrected chi connectivity index (χ2v) is 6.72. The van der Waals surface area contributed by atoms with E-state index in [2.05, 4.69) is 5.32 Å². The lowest BCUT2D eigenvalue weighted by molar-refractivity contribution is -0.136. The van der Waals surface area contributed by atoms with Crippen LogP contribution in [-0.4, -0.2) is 17.0 Å². The molecule has 142 valence electrons. The lowest BCUT2D eigenvalue weighted by atomic mass is 10.1. The first-order valence-electron chi connectivity index (χ1n) is 8.26. The molecule has 0 saturated heterocycles. The predicted octanol–water partition coefficient (Wildman–Crippen LogP) is 5.67. The summed E-state index contributed by atoms with van der Waals surface area (Å²) >= 11 is 12.4. The summed E-state index contributed by atoms with van der Waals surface area (Å²) in [6.45, 7) is 0. The number of rotatable bonds is 6. The minimum absolute atomic E-state index is 0.185. The maximum atomic E-state index is 12.2. The van der Waals surface area contributed by atoms with E-state index in [0.29, 0.717) is 22.6 Å². The second-order valence-electron chi connectivity index (χ2n) is 5.91. The molecule has 1 amide bonds. The molecule has 0 spiro atoms. The molecule has 0 heterocycles. The largest absolute Gasteiger partial charge is 0.481 e. The van der Waals surface area contributed by atoms with Gasteiger partial charge in [0, 0.05) is 11.3 Å². The van der Waals surface area contributed by atoms with Gasteiger partial charge in [0.1, 0.15) is 5.75 Å². The van der Waals surface area contributed by atoms with Crippen LogP contribution < -0.4 is 10.1 Å². The molecule has 0 fully saturated rings. The van der Waals surface area contributed by atoms with E-state index in [4.69, 9.17) is 33.0 Å². The van der Waals surface area contributed by atoms with Crippen molar-refractivity contribution >= 4 is 40.8 Å². The van der Waals surface area contributed by atoms with E-state index in [9.17, 15) is 9.59 Å². The average Bonchev–Trinajstić information content (AvgIpc) is 2.66. The highest BCUT2D eigenvalue weighted by Crippen LogP contribution is 2.37. The van der Waals surface area contributed by atoms with Crippen LogP contribution >= 0.6 is 23.2 Å². The van der Waals surface area contributed by atoms with Crippen LogP contribution in [0.15, 0.2) is 66.7 Å². The van der Waals surface area contributed by atoms with Gasteiger partial charge in [-0.1, -0.05) is 41.4 Å². The first-order chi connectivity index (χ1) is 13.4. The van der Waals surface area contributed by atoms with Crippen molar-refractivity contribution in [3.63, 3.8) is 0 Å². The first kappa shape index (κ1) is 19.7. The number of anilines is 1. The zero-order valence-corrected chi connectivity index (χ0v) is 16.0. The molecule has 3 aromatic carbocycles. The summed E-state index contributed by atoms with van der Waals surface area (Å²) in [6.07, 6.45) is -0.185. The molecule has 0 aromatic heterocycles. The fourth-order valence-corrected chi connectivity index (χ4v) is 3.11. The molecule has 0 aliphatic rings. The van der Waals surface area contributed by atoms with Crippen molar-refractivity contribution in [1.82, 2.24) is 0 Å². The van der Waals surface area contributed by atoms with Crippen LogP contribution in [0.2, 0.25) is 10.0 Å². The average molecular weight is 416 g/mol. The number of amides is 1. The molecule has 5 nitrogen and oxygen atoms in total. The highest BCUT2D eigenvalue weighted by Gasteiger charge is 2.13. The molecule has 3 rings (SSSR count). The zero-order chi connectivity index (χ0) is 20.1. The van der Waals surface area contributed by atoms with Crippen LogP contribution in [0, 0.1) is 0 Å². The number of aliphatic carboxylic acids is 1. The Hall–Kier alpha value is -3.02. The number of benzene rings is 3. The number of carbonyl (C=O) groups is 2. The molecule has 0 bridgehead atoms. The SMILES string of the molecule is O=C(O)Cc1cc(Cl)c(Oc2ccc(NC(=O)c3ccccc3)cc2)c(Cl)c1. The van der Waals surface area contributed by atoms with Crippen molar-refractivity contribution in [3.8, 4) is 11.5 Å². The number of carbonyl (C=O) groups excluding carboxylic acids is 1. The summed E-state index contributed by atoms with van der Waals surface area (Å²) in [5, 5.41) is 12.1. The molecule has 0 atom stereocenters. The van der Waals surface area contributed by atoms with Crippen LogP contribution in [-0.2, 0) is 11.2 Å². The van der Waals surface area contributed by atoms with Crippen molar-refractivity contribution in [3.05, 3.63) is 87.9 Å². The maximum absolute atomic E-state index is 12.2. The number of carboxylic acid groups (broad SMARTS) is 1. The number of hydrogen-bond acceptors (Lipinski definition) is 3. The number of carboxylic acids is 1. The summed E-state index contributed by atoms with van der Waals surface area (Å²) < 4.78 is 5.72. The molecule has 7 heteroatoms. The normalized spacial score (nSPS) is 10.4. The van der Waals surface area contributed by atoms with Gasteiger partial charge in [-0.2, -0.15) is 0 Å². The number of nitrogens with one attached hydrogen (secondary N) is 1. The van der Waals surface area contributed by atoms with Gasteiger partial charge < -0.3 is 15.2 Å². The predicted molar refractivity (Wildman–Crippen MR) is 109 cm³/mol. The second kappa shape index (κ2) is 8.78. The Morgan fingerprint density at radius 1 is 0.929 bits per heavy atom. The van der Waals surface area contributed by atoms with Gasteiger partial charge in [0.25, 0.3) is 5.91 Å². The van der Waals surface area contributed by atoms with Gasteiger partial charge in [0.2, 0.25) is 0 Å². The lowest BCUT2D eigenvalue weighted by Gasteiger charge is -2.12. The summed E-state index contributed by atoms with van der Waals surface area (Å²) in [6, 6.07) is 18.6. The van der Waals surface area contributed by atoms with Crippen molar-refractivity contribution in [2.75, 3.05) is 5.32 Å². The Morgan fingerprint density at radius 3 is 2.11 bits per heavy atom. The minimum Gasteiger partial charge on any atom is -0.481 e. The van der Waals surface area contributed by atoms with E-state index >= 15 is 0 Å². The van der Waals surface area contributed by atoms with Gasteiger partial charge in [0.05, 0.1) is 16.5 Å². The van der Waals surface area contributed by atoms with Gasteiger partial charge in [-0.3, -0.25) is 9.59 Å². The monoisotopic (exact) mass is 415 g/mol. The maximum Gasteiger partial charge on any atom is 0.307 e. The molecule has 0 aliphatic heterocycles. The smallest absolute Gasteiger partial charge is 0.307 e. The van der Waals surface area contributed by atoms with E-state index in [-0.39, 0.29) is 28.1 Å². The summed E-state index contributed by atoms with van der Waals surface area (Å²) in [5.41, 5.74) is 1.65. The third-order valence-electron chi connectivity index (χ3n) is 3.78. The van der Waals surface area contributed by atoms with Crippen LogP contribution in [0.4, 0.5) is 5.69 Å². The van der Waals surface area contributed by atoms with Gasteiger partial charge in [-0.15, -0.1) is 0 Å². The van der Waals surface area contributed by atoms with E-state index in [1.165, 1.54) is 12.1 Å². The van der Waals surface area contributed by atoms with Crippen LogP contribution in [0.25, 0.3) is 0 Å². The van der Waals surface area contributed by atoms with Gasteiger partial charge >= 0.3 is 5.97 Å². The third-order valence-corrected chi connectivity index (χ3v) is 4.34. The molecular formula is C21H15Cl2NO4. The summed E-state index contributed by atoms with van der Waals surface area (Å²) in [4.78, 5) is 23.0. The molecule has 0 unspecified atom stereocenters. The summed E-state index contributed by atoms with van der Waals surface area (Å²) in [5.74, 6) is -0.491. The van der Waals surface area contributed by atoms with E-state index in [1.54, 1.807) is 48.5 Å². The van der Waals surface area contributed by atoms with Crippen molar-refractivity contribution in [2.45, 2.75) is 6.42 Å². The van der Waals surface area contributed by atoms with E-state index in [0.717, 1.165) is 0 Å². The van der Waals surface area contributed by atoms with E-state index < -0.39 is 5.97 Å². The Balaban J connectivity index is 1.71. The van der Waals surface area contributed by atoms with Crippen LogP contribution in [0.1, 0.15) is 15.9 Å². The molecular weight excluding hydrogens is 401 g/mol. The zero-order valence-electron chi connectivity index (χ0n) is 14.5. The molecule has 28 heavy (non-hydrogen) atoms. The van der Waals surface area contributed by atoms with Crippen molar-refractivity contribution in [2.24, 2.45) is 0 Å². The van der Waals surface area contributed by atoms with Gasteiger partial charge in [0.15, 0.2) is 5.75 Å². The van der Waals surface area contributed by atoms with E-state index in [1.807, 2.05) is 6.07 Å². The summed E-state index contributed by atoms with van der Waals surface area (Å²) in [7, 11) is 0. The fourth-order valence-electron chi connectivity index (χ4n) is 2.50. The number of ether oxygens (including phenoxy) is 1. The van der Waals surface area contributed by atoms with Crippen molar-refractivity contribution < 1.29 is 19.4 Å². The standard InChI is InChI=1S/C21H15Cl2NO4/c22-17-10-13(12-19(25)26)11-18(23)20(17)28-16-8-6-15(7-9-16)24-21(27)14-4-2-1-3-5-14/h1-11H,12H2,(H,24,27)(H,25,26). The highest BCUT2D eigenvalue weighted by molar-refractivity contribution is 6.37. The first-order valence-corrected chi connectivity index (χ1v) is 9.02. The number of halogens is 2.